The van der Waals surface area contributed by atoms with Crippen molar-refractivity contribution in [2.45, 2.75) is 30.9 Å². The summed E-state index contributed by atoms with van der Waals surface area (Å²) in [6.07, 6.45) is 2.05. The summed E-state index contributed by atoms with van der Waals surface area (Å²) in [6.45, 7) is 2.60. The van der Waals surface area contributed by atoms with Crippen LogP contribution in [0.2, 0.25) is 0 Å². The summed E-state index contributed by atoms with van der Waals surface area (Å²) in [7, 11) is -5.65. The molecule has 0 aliphatic rings. The van der Waals surface area contributed by atoms with E-state index in [0.717, 1.165) is 38.9 Å². The number of benzene rings is 5. The number of hydrogen-bond donors (Lipinski definition) is 1. The van der Waals surface area contributed by atoms with E-state index in [2.05, 4.69) is 51.7 Å². The Hall–Kier alpha value is -6.34. The third kappa shape index (κ3) is 7.30. The fourth-order valence-electron chi connectivity index (χ4n) is 6.89. The zero-order valence-corrected chi connectivity index (χ0v) is 30.5. The van der Waals surface area contributed by atoms with E-state index in [4.69, 9.17) is 5.21 Å². The van der Waals surface area contributed by atoms with E-state index in [1.807, 2.05) is 115 Å². The molecule has 7 rings (SSSR count). The molecule has 0 bridgehead atoms. The van der Waals surface area contributed by atoms with E-state index in [0.29, 0.717) is 18.8 Å². The molecule has 13 heteroatoms. The van der Waals surface area contributed by atoms with E-state index in [-0.39, 0.29) is 18.1 Å². The van der Waals surface area contributed by atoms with E-state index in [1.54, 1.807) is 9.62 Å². The maximum absolute atomic E-state index is 13.3. The van der Waals surface area contributed by atoms with Gasteiger partial charge in [-0.3, -0.25) is 4.72 Å². The lowest BCUT2D eigenvalue weighted by Crippen LogP contribution is -2.39. The van der Waals surface area contributed by atoms with Gasteiger partial charge >= 0.3 is 15.5 Å². The first-order valence-corrected chi connectivity index (χ1v) is 19.0. The molecule has 1 N–H and O–H groups in total. The summed E-state index contributed by atoms with van der Waals surface area (Å²) in [5.74, 6) is 0.645. The highest BCUT2D eigenvalue weighted by Gasteiger charge is 2.46. The molecule has 5 aromatic carbocycles. The molecule has 0 saturated carbocycles. The molecule has 278 valence electrons. The van der Waals surface area contributed by atoms with Gasteiger partial charge in [-0.25, -0.2) is 9.67 Å². The Labute approximate surface area is 317 Å². The van der Waals surface area contributed by atoms with Crippen LogP contribution in [0, 0.1) is 0 Å². The van der Waals surface area contributed by atoms with Gasteiger partial charge in [0, 0.05) is 24.8 Å². The van der Waals surface area contributed by atoms with E-state index in [9.17, 15) is 21.6 Å². The van der Waals surface area contributed by atoms with Gasteiger partial charge in [0.15, 0.2) is 11.6 Å². The summed E-state index contributed by atoms with van der Waals surface area (Å²) in [4.78, 5) is 6.02. The predicted molar refractivity (Wildman–Crippen MR) is 207 cm³/mol. The smallest absolute Gasteiger partial charge is 0.351 e. The van der Waals surface area contributed by atoms with Gasteiger partial charge in [-0.05, 0) is 62.4 Å². The minimum absolute atomic E-state index is 0.0946. The number of tetrazole rings is 1. The summed E-state index contributed by atoms with van der Waals surface area (Å²) < 4.78 is 67.3. The molecule has 2 aromatic heterocycles. The summed E-state index contributed by atoms with van der Waals surface area (Å²) in [5.41, 5.74) is -0.345. The Morgan fingerprint density at radius 3 is 1.78 bits per heavy atom. The van der Waals surface area contributed by atoms with Crippen LogP contribution in [0.15, 0.2) is 158 Å². The average Bonchev–Trinajstić information content (AvgIpc) is 3.69. The van der Waals surface area contributed by atoms with Crippen molar-refractivity contribution < 1.29 is 21.6 Å². The number of aromatic nitrogens is 5. The first kappa shape index (κ1) is 37.0. The molecule has 2 heterocycles. The Kier molecular flexibility index (Phi) is 10.5. The van der Waals surface area contributed by atoms with Crippen LogP contribution in [-0.4, -0.2) is 45.7 Å². The van der Waals surface area contributed by atoms with Crippen LogP contribution in [0.4, 0.5) is 24.7 Å². The molecular formula is C42H36F3N7O2S. The van der Waals surface area contributed by atoms with Crippen LogP contribution in [0.3, 0.4) is 0 Å². The topological polar surface area (TPSA) is 106 Å². The van der Waals surface area contributed by atoms with Gasteiger partial charge in [-0.2, -0.15) is 21.6 Å². The molecular weight excluding hydrogens is 724 g/mol. The number of anilines is 2. The number of nitrogens with zero attached hydrogens (tertiary/aromatic N) is 6. The van der Waals surface area contributed by atoms with Gasteiger partial charge in [0.05, 0.1) is 5.69 Å². The predicted octanol–water partition coefficient (Wildman–Crippen LogP) is 8.92. The fourth-order valence-corrected chi connectivity index (χ4v) is 7.45. The zero-order valence-electron chi connectivity index (χ0n) is 29.7. The Balaban J connectivity index is 1.28. The van der Waals surface area contributed by atoms with E-state index in [1.165, 1.54) is 18.3 Å². The average molecular weight is 760 g/mol. The van der Waals surface area contributed by atoms with Crippen molar-refractivity contribution in [1.82, 2.24) is 25.2 Å². The lowest BCUT2D eigenvalue weighted by molar-refractivity contribution is -0.0429. The number of nitrogens with one attached hydrogen (secondary N) is 1. The van der Waals surface area contributed by atoms with Crippen LogP contribution in [-0.2, 0) is 22.1 Å². The first-order chi connectivity index (χ1) is 26.6. The third-order valence-corrected chi connectivity index (χ3v) is 10.4. The molecule has 7 aromatic rings. The van der Waals surface area contributed by atoms with Crippen molar-refractivity contribution in [3.63, 3.8) is 0 Å². The highest BCUT2D eigenvalue weighted by atomic mass is 32.2. The molecule has 55 heavy (non-hydrogen) atoms. The highest BCUT2D eigenvalue weighted by molar-refractivity contribution is 7.93. The second-order valence-corrected chi connectivity index (χ2v) is 14.5. The highest BCUT2D eigenvalue weighted by Crippen LogP contribution is 2.43. The van der Waals surface area contributed by atoms with Gasteiger partial charge in [-0.15, -0.1) is 5.10 Å². The van der Waals surface area contributed by atoms with Gasteiger partial charge < -0.3 is 4.90 Å². The summed E-state index contributed by atoms with van der Waals surface area (Å²) in [6, 6.07) is 48.8. The standard InChI is InChI=1S/C42H36F3N7O2S/c1-2-29-51(40-38(23-14-28-46-40)48-55(53,54)42(43,44)45)30-31-24-26-32(27-25-31)36-21-12-13-22-37(36)39-47-49-50-52(39)41(33-15-6-3-7-16-33,34-17-8-4-9-18-34)35-19-10-5-11-20-35/h3-28,48H,2,29-30H2,1H3. The molecule has 0 unspecified atom stereocenters. The van der Waals surface area contributed by atoms with Gasteiger partial charge in [0.2, 0.25) is 0 Å². The number of rotatable bonds is 13. The minimum Gasteiger partial charge on any atom is -0.351 e. The van der Waals surface area contributed by atoms with Crippen molar-refractivity contribution in [2.24, 2.45) is 0 Å². The number of halogens is 3. The SMILES string of the molecule is CCCN(Cc1ccc(-c2ccccc2-c2nnnn2C(c2ccccc2)(c2ccccc2)c2ccccc2)cc1)c1ncccc1NS(=O)(=O)C(F)(F)F. The second kappa shape index (κ2) is 15.6. The molecule has 9 nitrogen and oxygen atoms in total. The molecule has 0 spiro atoms. The third-order valence-electron chi connectivity index (χ3n) is 9.30. The molecule has 0 amide bonds. The van der Waals surface area contributed by atoms with Crippen LogP contribution < -0.4 is 9.62 Å². The fraction of sp³-hybridized carbons (Fsp3) is 0.143. The van der Waals surface area contributed by atoms with Crippen LogP contribution in [0.5, 0.6) is 0 Å². The lowest BCUT2D eigenvalue weighted by Gasteiger charge is -2.36. The van der Waals surface area contributed by atoms with E-state index < -0.39 is 21.1 Å². The van der Waals surface area contributed by atoms with E-state index >= 15 is 0 Å². The summed E-state index contributed by atoms with van der Waals surface area (Å²) >= 11 is 0. The second-order valence-electron chi connectivity index (χ2n) is 12.8. The molecule has 0 fully saturated rings. The quantitative estimate of drug-likeness (QED) is 0.117. The van der Waals surface area contributed by atoms with Crippen molar-refractivity contribution in [3.05, 3.63) is 180 Å². The number of pyridine rings is 1. The largest absolute Gasteiger partial charge is 0.516 e. The molecule has 0 aliphatic carbocycles. The summed E-state index contributed by atoms with van der Waals surface area (Å²) in [5, 5.41) is 13.6. The molecule has 0 saturated heterocycles. The normalized spacial score (nSPS) is 12.0. The van der Waals surface area contributed by atoms with Crippen LogP contribution >= 0.6 is 0 Å². The number of alkyl halides is 3. The molecule has 0 atom stereocenters. The van der Waals surface area contributed by atoms with Crippen molar-refractivity contribution in [3.8, 4) is 22.5 Å². The van der Waals surface area contributed by atoms with Crippen LogP contribution in [0.25, 0.3) is 22.5 Å². The maximum atomic E-state index is 13.3. The Morgan fingerprint density at radius 2 is 1.24 bits per heavy atom. The molecule has 0 radical (unpaired) electrons. The number of hydrogen-bond acceptors (Lipinski definition) is 7. The minimum atomic E-state index is -5.65. The monoisotopic (exact) mass is 759 g/mol. The Morgan fingerprint density at radius 1 is 0.691 bits per heavy atom. The van der Waals surface area contributed by atoms with Gasteiger partial charge in [0.25, 0.3) is 0 Å². The first-order valence-electron chi connectivity index (χ1n) is 17.6. The lowest BCUT2D eigenvalue weighted by atomic mass is 9.77. The van der Waals surface area contributed by atoms with Crippen molar-refractivity contribution in [2.75, 3.05) is 16.2 Å². The number of sulfonamides is 1. The Bertz CT molecular complexity index is 2370. The zero-order chi connectivity index (χ0) is 38.5. The van der Waals surface area contributed by atoms with Crippen molar-refractivity contribution in [1.29, 1.82) is 0 Å². The molecule has 0 aliphatic heterocycles. The van der Waals surface area contributed by atoms with Gasteiger partial charge in [-0.1, -0.05) is 146 Å². The van der Waals surface area contributed by atoms with Crippen LogP contribution in [0.1, 0.15) is 35.6 Å². The van der Waals surface area contributed by atoms with Gasteiger partial charge in [0.1, 0.15) is 5.54 Å². The maximum Gasteiger partial charge on any atom is 0.516 e. The van der Waals surface area contributed by atoms with Crippen molar-refractivity contribution >= 4 is 21.5 Å².